The van der Waals surface area contributed by atoms with Crippen molar-refractivity contribution in [1.82, 2.24) is 9.47 Å². The Morgan fingerprint density at radius 3 is 2.94 bits per heavy atom. The van der Waals surface area contributed by atoms with E-state index in [-0.39, 0.29) is 5.91 Å². The number of thioether (sulfide) groups is 1. The molecule has 1 aromatic rings. The molecular weight excluding hydrogens is 312 g/mol. The average Bonchev–Trinajstić information content (AvgIpc) is 3.12. The first-order valence-electron chi connectivity index (χ1n) is 6.43. The molecule has 0 spiro atoms. The van der Waals surface area contributed by atoms with E-state index >= 15 is 0 Å². The summed E-state index contributed by atoms with van der Waals surface area (Å²) < 4.78 is 3.16. The molecule has 18 heavy (non-hydrogen) atoms. The van der Waals surface area contributed by atoms with Crippen LogP contribution in [0.2, 0.25) is 0 Å². The van der Waals surface area contributed by atoms with Crippen LogP contribution in [0.4, 0.5) is 0 Å². The van der Waals surface area contributed by atoms with Crippen LogP contribution in [0.25, 0.3) is 0 Å². The maximum atomic E-state index is 12.6. The van der Waals surface area contributed by atoms with E-state index in [9.17, 15) is 4.79 Å². The van der Waals surface area contributed by atoms with Crippen molar-refractivity contribution in [2.24, 2.45) is 0 Å². The Labute approximate surface area is 120 Å². The molecule has 3 rings (SSSR count). The fourth-order valence-electron chi connectivity index (χ4n) is 2.44. The first kappa shape index (κ1) is 12.6. The number of rotatable bonds is 2. The standard InChI is InChI=1S/C13H17BrN2OS/c1-9-7-15(4-5-18-9)13(17)12-6-10(14)8-16(12)11-2-3-11/h6,8-9,11H,2-5,7H2,1H3. The Kier molecular flexibility index (Phi) is 3.45. The molecule has 0 aromatic carbocycles. The van der Waals surface area contributed by atoms with Crippen molar-refractivity contribution < 1.29 is 4.79 Å². The van der Waals surface area contributed by atoms with Gasteiger partial charge in [-0.3, -0.25) is 4.79 Å². The number of carbonyl (C=O) groups excluding carboxylic acids is 1. The van der Waals surface area contributed by atoms with Gasteiger partial charge in [-0.2, -0.15) is 11.8 Å². The van der Waals surface area contributed by atoms with E-state index in [2.05, 4.69) is 27.4 Å². The monoisotopic (exact) mass is 328 g/mol. The molecule has 0 radical (unpaired) electrons. The average molecular weight is 329 g/mol. The molecular formula is C13H17BrN2OS. The molecule has 2 fully saturated rings. The topological polar surface area (TPSA) is 25.2 Å². The van der Waals surface area contributed by atoms with Gasteiger partial charge in [0.15, 0.2) is 0 Å². The summed E-state index contributed by atoms with van der Waals surface area (Å²) in [6.07, 6.45) is 4.45. The zero-order valence-corrected chi connectivity index (χ0v) is 12.8. The van der Waals surface area contributed by atoms with Crippen LogP contribution >= 0.6 is 27.7 Å². The van der Waals surface area contributed by atoms with E-state index in [1.54, 1.807) is 0 Å². The largest absolute Gasteiger partial charge is 0.339 e. The van der Waals surface area contributed by atoms with Crippen LogP contribution in [0.5, 0.6) is 0 Å². The Bertz CT molecular complexity index is 470. The SMILES string of the molecule is CC1CN(C(=O)c2cc(Br)cn2C2CC2)CCS1. The predicted molar refractivity (Wildman–Crippen MR) is 78.2 cm³/mol. The third-order valence-corrected chi connectivity index (χ3v) is 5.07. The highest BCUT2D eigenvalue weighted by atomic mass is 79.9. The molecule has 3 nitrogen and oxygen atoms in total. The predicted octanol–water partition coefficient (Wildman–Crippen LogP) is 3.16. The number of amides is 1. The maximum Gasteiger partial charge on any atom is 0.270 e. The van der Waals surface area contributed by atoms with E-state index < -0.39 is 0 Å². The highest BCUT2D eigenvalue weighted by Crippen LogP contribution is 2.38. The van der Waals surface area contributed by atoms with Gasteiger partial charge in [0.1, 0.15) is 5.69 Å². The lowest BCUT2D eigenvalue weighted by atomic mass is 10.3. The lowest BCUT2D eigenvalue weighted by molar-refractivity contribution is 0.0752. The van der Waals surface area contributed by atoms with Gasteiger partial charge in [-0.25, -0.2) is 0 Å². The molecule has 1 saturated heterocycles. The highest BCUT2D eigenvalue weighted by Gasteiger charge is 2.30. The second-order valence-electron chi connectivity index (χ2n) is 5.11. The van der Waals surface area contributed by atoms with Gasteiger partial charge >= 0.3 is 0 Å². The summed E-state index contributed by atoms with van der Waals surface area (Å²) in [5, 5.41) is 0.551. The number of carbonyl (C=O) groups is 1. The second-order valence-corrected chi connectivity index (χ2v) is 7.58. The van der Waals surface area contributed by atoms with Crippen LogP contribution in [0.1, 0.15) is 36.3 Å². The Morgan fingerprint density at radius 2 is 2.28 bits per heavy atom. The van der Waals surface area contributed by atoms with Crippen LogP contribution < -0.4 is 0 Å². The minimum Gasteiger partial charge on any atom is -0.339 e. The number of hydrogen-bond donors (Lipinski definition) is 0. The third kappa shape index (κ3) is 2.48. The van der Waals surface area contributed by atoms with Gasteiger partial charge in [-0.15, -0.1) is 0 Å². The van der Waals surface area contributed by atoms with E-state index in [0.29, 0.717) is 11.3 Å². The summed E-state index contributed by atoms with van der Waals surface area (Å²) in [5.74, 6) is 1.25. The van der Waals surface area contributed by atoms with Crippen LogP contribution in [0.15, 0.2) is 16.7 Å². The minimum absolute atomic E-state index is 0.194. The minimum atomic E-state index is 0.194. The van der Waals surface area contributed by atoms with Crippen molar-refractivity contribution in [3.8, 4) is 0 Å². The van der Waals surface area contributed by atoms with E-state index in [1.807, 2.05) is 28.9 Å². The van der Waals surface area contributed by atoms with E-state index in [0.717, 1.165) is 29.0 Å². The van der Waals surface area contributed by atoms with Gasteiger partial charge in [-0.05, 0) is 34.8 Å². The number of hydrogen-bond acceptors (Lipinski definition) is 2. The van der Waals surface area contributed by atoms with E-state index in [1.165, 1.54) is 12.8 Å². The summed E-state index contributed by atoms with van der Waals surface area (Å²) in [7, 11) is 0. The van der Waals surface area contributed by atoms with Crippen molar-refractivity contribution >= 4 is 33.6 Å². The first-order valence-corrected chi connectivity index (χ1v) is 8.27. The van der Waals surface area contributed by atoms with Crippen molar-refractivity contribution in [3.63, 3.8) is 0 Å². The first-order chi connectivity index (χ1) is 8.65. The lowest BCUT2D eigenvalue weighted by Crippen LogP contribution is -2.41. The number of aromatic nitrogens is 1. The Morgan fingerprint density at radius 1 is 1.50 bits per heavy atom. The second kappa shape index (κ2) is 4.93. The van der Waals surface area contributed by atoms with Crippen LogP contribution in [0.3, 0.4) is 0 Å². The van der Waals surface area contributed by atoms with Crippen LogP contribution in [-0.2, 0) is 0 Å². The molecule has 1 unspecified atom stereocenters. The molecule has 1 atom stereocenters. The van der Waals surface area contributed by atoms with Crippen molar-refractivity contribution in [2.45, 2.75) is 31.1 Å². The van der Waals surface area contributed by atoms with Crippen molar-refractivity contribution in [1.29, 1.82) is 0 Å². The smallest absolute Gasteiger partial charge is 0.270 e. The summed E-state index contributed by atoms with van der Waals surface area (Å²) in [5.41, 5.74) is 0.850. The quantitative estimate of drug-likeness (QED) is 0.833. The molecule has 0 N–H and O–H groups in total. The Hall–Kier alpha value is -0.420. The van der Waals surface area contributed by atoms with Gasteiger partial charge in [-0.1, -0.05) is 6.92 Å². The zero-order chi connectivity index (χ0) is 12.7. The normalized spacial score (nSPS) is 24.3. The lowest BCUT2D eigenvalue weighted by Gasteiger charge is -2.30. The van der Waals surface area contributed by atoms with Gasteiger partial charge in [0, 0.05) is 40.8 Å². The highest BCUT2D eigenvalue weighted by molar-refractivity contribution is 9.10. The number of halogens is 1. The summed E-state index contributed by atoms with van der Waals surface area (Å²) in [4.78, 5) is 14.6. The van der Waals surface area contributed by atoms with Gasteiger partial charge in [0.05, 0.1) is 0 Å². The summed E-state index contributed by atoms with van der Waals surface area (Å²) >= 11 is 5.44. The molecule has 2 aliphatic rings. The Balaban J connectivity index is 1.82. The molecule has 5 heteroatoms. The zero-order valence-electron chi connectivity index (χ0n) is 10.4. The molecule has 2 heterocycles. The van der Waals surface area contributed by atoms with Gasteiger partial charge < -0.3 is 9.47 Å². The number of nitrogens with zero attached hydrogens (tertiary/aromatic N) is 2. The van der Waals surface area contributed by atoms with Crippen LogP contribution in [0, 0.1) is 0 Å². The summed E-state index contributed by atoms with van der Waals surface area (Å²) in [6.45, 7) is 3.94. The molecule has 1 amide bonds. The molecule has 98 valence electrons. The van der Waals surface area contributed by atoms with Gasteiger partial charge in [0.2, 0.25) is 0 Å². The molecule has 1 saturated carbocycles. The fraction of sp³-hybridized carbons (Fsp3) is 0.615. The molecule has 1 aliphatic heterocycles. The molecule has 1 aromatic heterocycles. The summed E-state index contributed by atoms with van der Waals surface area (Å²) in [6, 6.07) is 2.51. The third-order valence-electron chi connectivity index (χ3n) is 3.50. The molecule has 0 bridgehead atoms. The van der Waals surface area contributed by atoms with Crippen molar-refractivity contribution in [2.75, 3.05) is 18.8 Å². The van der Waals surface area contributed by atoms with Gasteiger partial charge in [0.25, 0.3) is 5.91 Å². The van der Waals surface area contributed by atoms with Crippen LogP contribution in [-0.4, -0.2) is 39.5 Å². The fourth-order valence-corrected chi connectivity index (χ4v) is 3.89. The molecule has 1 aliphatic carbocycles. The van der Waals surface area contributed by atoms with E-state index in [4.69, 9.17) is 0 Å². The van der Waals surface area contributed by atoms with Crippen molar-refractivity contribution in [3.05, 3.63) is 22.4 Å². The maximum absolute atomic E-state index is 12.6.